The number of rotatable bonds is 5. The quantitative estimate of drug-likeness (QED) is 0.882. The van der Waals surface area contributed by atoms with E-state index in [0.29, 0.717) is 11.4 Å². The highest BCUT2D eigenvalue weighted by atomic mass is 16.6. The van der Waals surface area contributed by atoms with Gasteiger partial charge in [0.25, 0.3) is 0 Å². The van der Waals surface area contributed by atoms with Crippen molar-refractivity contribution in [2.75, 3.05) is 0 Å². The molecule has 6 nitrogen and oxygen atoms in total. The minimum Gasteiger partial charge on any atom is -0.347 e. The predicted molar refractivity (Wildman–Crippen MR) is 68.2 cm³/mol. The lowest BCUT2D eigenvalue weighted by atomic mass is 10.1. The van der Waals surface area contributed by atoms with Crippen molar-refractivity contribution in [1.82, 2.24) is 20.6 Å². The van der Waals surface area contributed by atoms with Gasteiger partial charge >= 0.3 is 0 Å². The maximum atomic E-state index is 12.0. The van der Waals surface area contributed by atoms with E-state index in [4.69, 9.17) is 0 Å². The van der Waals surface area contributed by atoms with Crippen molar-refractivity contribution in [3.8, 4) is 0 Å². The van der Waals surface area contributed by atoms with Crippen LogP contribution < -0.4 is 5.32 Å². The smallest absolute Gasteiger partial charge is 0.226 e. The van der Waals surface area contributed by atoms with E-state index in [1.54, 1.807) is 13.1 Å². The first-order chi connectivity index (χ1) is 9.20. The molecule has 0 radical (unpaired) electrons. The van der Waals surface area contributed by atoms with E-state index in [9.17, 15) is 4.79 Å². The summed E-state index contributed by atoms with van der Waals surface area (Å²) in [5, 5.41) is 10.3. The van der Waals surface area contributed by atoms with Gasteiger partial charge in [-0.3, -0.25) is 9.78 Å². The molecule has 0 aliphatic carbocycles. The Bertz CT molecular complexity index is 539. The second-order valence-corrected chi connectivity index (χ2v) is 4.26. The fourth-order valence-corrected chi connectivity index (χ4v) is 1.77. The predicted octanol–water partition coefficient (Wildman–Crippen LogP) is 1.58. The molecule has 1 atom stereocenters. The van der Waals surface area contributed by atoms with E-state index in [0.717, 1.165) is 12.1 Å². The van der Waals surface area contributed by atoms with Crippen LogP contribution in [0.1, 0.15) is 36.5 Å². The van der Waals surface area contributed by atoms with Crippen LogP contribution in [0.15, 0.2) is 29.0 Å². The summed E-state index contributed by atoms with van der Waals surface area (Å²) in [5.41, 5.74) is 2.06. The third-order valence-electron chi connectivity index (χ3n) is 2.86. The molecule has 0 saturated heterocycles. The normalized spacial score (nSPS) is 12.1. The monoisotopic (exact) mass is 260 g/mol. The summed E-state index contributed by atoms with van der Waals surface area (Å²) in [6.45, 7) is 3.76. The van der Waals surface area contributed by atoms with Crippen LogP contribution in [-0.2, 0) is 11.2 Å². The van der Waals surface area contributed by atoms with Gasteiger partial charge in [0.2, 0.25) is 5.91 Å². The van der Waals surface area contributed by atoms with Crippen molar-refractivity contribution in [2.24, 2.45) is 0 Å². The lowest BCUT2D eigenvalue weighted by Gasteiger charge is -2.15. The van der Waals surface area contributed by atoms with E-state index in [-0.39, 0.29) is 18.4 Å². The first kappa shape index (κ1) is 13.2. The Labute approximate surface area is 111 Å². The van der Waals surface area contributed by atoms with Gasteiger partial charge in [0.05, 0.1) is 18.2 Å². The lowest BCUT2D eigenvalue weighted by Crippen LogP contribution is -2.30. The van der Waals surface area contributed by atoms with Gasteiger partial charge in [0, 0.05) is 6.20 Å². The highest BCUT2D eigenvalue weighted by Crippen LogP contribution is 2.13. The third-order valence-corrected chi connectivity index (χ3v) is 2.86. The molecule has 2 rings (SSSR count). The van der Waals surface area contributed by atoms with Crippen LogP contribution in [0.25, 0.3) is 0 Å². The number of nitrogens with zero attached hydrogens (tertiary/aromatic N) is 3. The molecule has 0 unspecified atom stereocenters. The van der Waals surface area contributed by atoms with E-state index in [1.165, 1.54) is 0 Å². The Morgan fingerprint density at radius 1 is 1.42 bits per heavy atom. The number of carbonyl (C=O) groups is 1. The number of aromatic nitrogens is 3. The van der Waals surface area contributed by atoms with Gasteiger partial charge in [-0.1, -0.05) is 23.3 Å². The van der Waals surface area contributed by atoms with Crippen LogP contribution in [-0.4, -0.2) is 21.2 Å². The average molecular weight is 260 g/mol. The van der Waals surface area contributed by atoms with Crippen LogP contribution in [0.3, 0.4) is 0 Å². The molecule has 0 spiro atoms. The van der Waals surface area contributed by atoms with Crippen LogP contribution in [0.5, 0.6) is 0 Å². The Morgan fingerprint density at radius 2 is 2.26 bits per heavy atom. The SMILES string of the molecule is CC[C@H](NC(=O)Cc1nonc1C)c1ccccn1. The first-order valence-electron chi connectivity index (χ1n) is 6.19. The molecule has 0 saturated carbocycles. The Morgan fingerprint density at radius 3 is 2.84 bits per heavy atom. The third kappa shape index (κ3) is 3.37. The van der Waals surface area contributed by atoms with Gasteiger partial charge in [-0.2, -0.15) is 0 Å². The second-order valence-electron chi connectivity index (χ2n) is 4.26. The molecule has 1 N–H and O–H groups in total. The van der Waals surface area contributed by atoms with Gasteiger partial charge in [-0.05, 0) is 25.5 Å². The summed E-state index contributed by atoms with van der Waals surface area (Å²) in [6.07, 6.45) is 2.66. The number of amides is 1. The minimum absolute atomic E-state index is 0.0890. The minimum atomic E-state index is -0.115. The zero-order chi connectivity index (χ0) is 13.7. The molecule has 2 aromatic rings. The summed E-state index contributed by atoms with van der Waals surface area (Å²) in [5.74, 6) is -0.115. The molecule has 2 heterocycles. The lowest BCUT2D eigenvalue weighted by molar-refractivity contribution is -0.121. The number of hydrogen-bond donors (Lipinski definition) is 1. The number of pyridine rings is 1. The standard InChI is InChI=1S/C13H16N4O2/c1-3-10(11-6-4-5-7-14-11)15-13(18)8-12-9(2)16-19-17-12/h4-7,10H,3,8H2,1-2H3,(H,15,18)/t10-/m0/s1. The molecule has 6 heteroatoms. The van der Waals surface area contributed by atoms with E-state index < -0.39 is 0 Å². The maximum Gasteiger partial charge on any atom is 0.226 e. The Hall–Kier alpha value is -2.24. The van der Waals surface area contributed by atoms with E-state index >= 15 is 0 Å². The molecule has 0 bridgehead atoms. The van der Waals surface area contributed by atoms with Gasteiger partial charge in [-0.25, -0.2) is 4.63 Å². The molecule has 0 aromatic carbocycles. The molecular weight excluding hydrogens is 244 g/mol. The summed E-state index contributed by atoms with van der Waals surface area (Å²) in [4.78, 5) is 16.2. The van der Waals surface area contributed by atoms with Gasteiger partial charge in [0.1, 0.15) is 11.4 Å². The zero-order valence-corrected chi connectivity index (χ0v) is 11.0. The van der Waals surface area contributed by atoms with Crippen molar-refractivity contribution >= 4 is 5.91 Å². The molecule has 0 aliphatic rings. The number of nitrogens with one attached hydrogen (secondary N) is 1. The van der Waals surface area contributed by atoms with Crippen molar-refractivity contribution in [3.05, 3.63) is 41.5 Å². The Kier molecular flexibility index (Phi) is 4.22. The first-order valence-corrected chi connectivity index (χ1v) is 6.19. The Balaban J connectivity index is 1.99. The van der Waals surface area contributed by atoms with Crippen molar-refractivity contribution in [1.29, 1.82) is 0 Å². The number of hydrogen-bond acceptors (Lipinski definition) is 5. The highest BCUT2D eigenvalue weighted by molar-refractivity contribution is 5.78. The highest BCUT2D eigenvalue weighted by Gasteiger charge is 2.16. The largest absolute Gasteiger partial charge is 0.347 e. The summed E-state index contributed by atoms with van der Waals surface area (Å²) < 4.78 is 4.57. The number of aryl methyl sites for hydroxylation is 1. The zero-order valence-electron chi connectivity index (χ0n) is 11.0. The van der Waals surface area contributed by atoms with Gasteiger partial charge < -0.3 is 5.32 Å². The molecule has 0 aliphatic heterocycles. The van der Waals surface area contributed by atoms with Crippen LogP contribution in [0, 0.1) is 6.92 Å². The fourth-order valence-electron chi connectivity index (χ4n) is 1.77. The van der Waals surface area contributed by atoms with E-state index in [1.807, 2.05) is 25.1 Å². The summed E-state index contributed by atoms with van der Waals surface area (Å²) in [6, 6.07) is 5.57. The van der Waals surface area contributed by atoms with Crippen LogP contribution in [0.4, 0.5) is 0 Å². The van der Waals surface area contributed by atoms with Crippen molar-refractivity contribution in [3.63, 3.8) is 0 Å². The molecule has 0 fully saturated rings. The van der Waals surface area contributed by atoms with Gasteiger partial charge in [-0.15, -0.1) is 0 Å². The molecular formula is C13H16N4O2. The average Bonchev–Trinajstić information content (AvgIpc) is 2.82. The molecule has 100 valence electrons. The van der Waals surface area contributed by atoms with Crippen molar-refractivity contribution in [2.45, 2.75) is 32.7 Å². The van der Waals surface area contributed by atoms with E-state index in [2.05, 4.69) is 25.2 Å². The maximum absolute atomic E-state index is 12.0. The fraction of sp³-hybridized carbons (Fsp3) is 0.385. The molecule has 1 amide bonds. The topological polar surface area (TPSA) is 80.9 Å². The molecule has 19 heavy (non-hydrogen) atoms. The summed E-state index contributed by atoms with van der Waals surface area (Å²) >= 11 is 0. The molecule has 2 aromatic heterocycles. The van der Waals surface area contributed by atoms with Crippen molar-refractivity contribution < 1.29 is 9.42 Å². The number of carbonyl (C=O) groups excluding carboxylic acids is 1. The second kappa shape index (κ2) is 6.08. The summed E-state index contributed by atoms with van der Waals surface area (Å²) in [7, 11) is 0. The van der Waals surface area contributed by atoms with Crippen LogP contribution in [0.2, 0.25) is 0 Å². The van der Waals surface area contributed by atoms with Crippen LogP contribution >= 0.6 is 0 Å². The van der Waals surface area contributed by atoms with Gasteiger partial charge in [0.15, 0.2) is 0 Å².